The summed E-state index contributed by atoms with van der Waals surface area (Å²) in [4.78, 5) is 25.8. The topological polar surface area (TPSA) is 67.9 Å². The Morgan fingerprint density at radius 2 is 2.00 bits per heavy atom. The fraction of sp³-hybridized carbons (Fsp3) is 0.261. The van der Waals surface area contributed by atoms with Crippen LogP contribution >= 0.6 is 24.0 Å². The number of carbonyl (C=O) groups is 2. The Morgan fingerprint density at radius 3 is 2.71 bits per heavy atom. The standard InChI is InChI=1S/C23H24N2O4S2/c1-4-5-12-29-18-11-10-16(13-19(18)28-3)14-20-22(27)25(23(30)31-20)24-21(26)17-9-7-6-8-15(17)2/h6-11,13-14H,4-5,12H2,1-3H3,(H,24,26)/b20-14-. The Hall–Kier alpha value is -2.84. The molecular weight excluding hydrogens is 432 g/mol. The van der Waals surface area contributed by atoms with Crippen LogP contribution in [0.4, 0.5) is 0 Å². The Morgan fingerprint density at radius 1 is 1.23 bits per heavy atom. The van der Waals surface area contributed by atoms with E-state index in [-0.39, 0.29) is 16.1 Å². The van der Waals surface area contributed by atoms with Gasteiger partial charge in [-0.25, -0.2) is 0 Å². The molecule has 3 rings (SSSR count). The Labute approximate surface area is 191 Å². The average Bonchev–Trinajstić information content (AvgIpc) is 3.02. The average molecular weight is 457 g/mol. The lowest BCUT2D eigenvalue weighted by atomic mass is 10.1. The lowest BCUT2D eigenvalue weighted by Gasteiger charge is -2.16. The zero-order chi connectivity index (χ0) is 22.4. The summed E-state index contributed by atoms with van der Waals surface area (Å²) in [6.45, 7) is 4.55. The predicted molar refractivity (Wildman–Crippen MR) is 127 cm³/mol. The number of hydrazine groups is 1. The van der Waals surface area contributed by atoms with Gasteiger partial charge in [0, 0.05) is 5.56 Å². The highest BCUT2D eigenvalue weighted by Gasteiger charge is 2.34. The number of hydrogen-bond donors (Lipinski definition) is 1. The molecule has 0 saturated carbocycles. The molecule has 162 valence electrons. The second kappa shape index (κ2) is 10.5. The molecule has 2 aromatic rings. The summed E-state index contributed by atoms with van der Waals surface area (Å²) in [6, 6.07) is 12.6. The third-order valence-electron chi connectivity index (χ3n) is 4.64. The first kappa shape index (κ1) is 22.8. The van der Waals surface area contributed by atoms with Gasteiger partial charge in [-0.15, -0.1) is 0 Å². The van der Waals surface area contributed by atoms with Gasteiger partial charge in [-0.05, 0) is 61.0 Å². The van der Waals surface area contributed by atoms with Gasteiger partial charge in [0.1, 0.15) is 0 Å². The Kier molecular flexibility index (Phi) is 7.70. The van der Waals surface area contributed by atoms with Gasteiger partial charge >= 0.3 is 0 Å². The maximum absolute atomic E-state index is 12.8. The smallest absolute Gasteiger partial charge is 0.285 e. The van der Waals surface area contributed by atoms with E-state index < -0.39 is 0 Å². The molecule has 1 heterocycles. The van der Waals surface area contributed by atoms with Crippen molar-refractivity contribution in [2.75, 3.05) is 13.7 Å². The van der Waals surface area contributed by atoms with Crippen molar-refractivity contribution >= 4 is 46.2 Å². The number of benzene rings is 2. The summed E-state index contributed by atoms with van der Waals surface area (Å²) in [5.41, 5.74) is 4.68. The van der Waals surface area contributed by atoms with E-state index in [0.717, 1.165) is 40.7 Å². The normalized spacial score (nSPS) is 14.8. The molecule has 1 fully saturated rings. The van der Waals surface area contributed by atoms with E-state index in [1.165, 1.54) is 0 Å². The van der Waals surface area contributed by atoms with Crippen LogP contribution in [-0.4, -0.2) is 34.9 Å². The second-order valence-corrected chi connectivity index (χ2v) is 8.56. The van der Waals surface area contributed by atoms with E-state index in [9.17, 15) is 9.59 Å². The number of carbonyl (C=O) groups excluding carboxylic acids is 2. The van der Waals surface area contributed by atoms with Gasteiger partial charge in [0.25, 0.3) is 11.8 Å². The molecule has 1 aliphatic heterocycles. The molecule has 1 N–H and O–H groups in total. The molecule has 2 aromatic carbocycles. The molecule has 0 bridgehead atoms. The van der Waals surface area contributed by atoms with E-state index in [1.54, 1.807) is 31.4 Å². The van der Waals surface area contributed by atoms with Crippen LogP contribution in [0.3, 0.4) is 0 Å². The summed E-state index contributed by atoms with van der Waals surface area (Å²) in [5.74, 6) is 0.490. The molecule has 0 atom stereocenters. The summed E-state index contributed by atoms with van der Waals surface area (Å²) in [7, 11) is 1.58. The summed E-state index contributed by atoms with van der Waals surface area (Å²) in [6.07, 6.45) is 3.72. The number of nitrogens with one attached hydrogen (secondary N) is 1. The fourth-order valence-corrected chi connectivity index (χ4v) is 4.10. The molecule has 2 amide bonds. The number of thioether (sulfide) groups is 1. The molecule has 0 aliphatic carbocycles. The maximum Gasteiger partial charge on any atom is 0.285 e. The zero-order valence-electron chi connectivity index (χ0n) is 17.6. The minimum Gasteiger partial charge on any atom is -0.493 e. The number of thiocarbonyl (C=S) groups is 1. The number of unbranched alkanes of at least 4 members (excludes halogenated alkanes) is 1. The van der Waals surface area contributed by atoms with Crippen LogP contribution in [0, 0.1) is 6.92 Å². The van der Waals surface area contributed by atoms with Crippen LogP contribution in [-0.2, 0) is 4.79 Å². The number of nitrogens with zero attached hydrogens (tertiary/aromatic N) is 1. The first-order valence-corrected chi connectivity index (χ1v) is 11.1. The van der Waals surface area contributed by atoms with Crippen molar-refractivity contribution in [3.8, 4) is 11.5 Å². The molecule has 1 aliphatic rings. The van der Waals surface area contributed by atoms with Crippen molar-refractivity contribution < 1.29 is 19.1 Å². The van der Waals surface area contributed by atoms with E-state index in [0.29, 0.717) is 28.6 Å². The van der Waals surface area contributed by atoms with Crippen LogP contribution in [0.5, 0.6) is 11.5 Å². The van der Waals surface area contributed by atoms with Gasteiger partial charge in [-0.3, -0.25) is 15.0 Å². The Bertz CT molecular complexity index is 1040. The van der Waals surface area contributed by atoms with E-state index in [1.807, 2.05) is 31.2 Å². The predicted octanol–water partition coefficient (Wildman–Crippen LogP) is 4.73. The largest absolute Gasteiger partial charge is 0.493 e. The van der Waals surface area contributed by atoms with Gasteiger partial charge in [0.2, 0.25) is 0 Å². The maximum atomic E-state index is 12.8. The molecule has 0 aromatic heterocycles. The third-order valence-corrected chi connectivity index (χ3v) is 5.94. The van der Waals surface area contributed by atoms with E-state index in [4.69, 9.17) is 21.7 Å². The quantitative estimate of drug-likeness (QED) is 0.352. The Balaban J connectivity index is 1.75. The summed E-state index contributed by atoms with van der Waals surface area (Å²) < 4.78 is 11.4. The van der Waals surface area contributed by atoms with Gasteiger partial charge < -0.3 is 9.47 Å². The van der Waals surface area contributed by atoms with Crippen molar-refractivity contribution in [2.24, 2.45) is 0 Å². The monoisotopic (exact) mass is 456 g/mol. The molecule has 0 spiro atoms. The van der Waals surface area contributed by atoms with Gasteiger partial charge in [0.05, 0.1) is 18.6 Å². The van der Waals surface area contributed by atoms with Gasteiger partial charge in [0.15, 0.2) is 15.8 Å². The van der Waals surface area contributed by atoms with Crippen LogP contribution < -0.4 is 14.9 Å². The third kappa shape index (κ3) is 5.45. The van der Waals surface area contributed by atoms with Gasteiger partial charge in [-0.2, -0.15) is 5.01 Å². The molecule has 1 saturated heterocycles. The van der Waals surface area contributed by atoms with Crippen LogP contribution in [0.2, 0.25) is 0 Å². The van der Waals surface area contributed by atoms with E-state index >= 15 is 0 Å². The van der Waals surface area contributed by atoms with Crippen LogP contribution in [0.25, 0.3) is 6.08 Å². The van der Waals surface area contributed by atoms with Crippen molar-refractivity contribution in [2.45, 2.75) is 26.7 Å². The second-order valence-electron chi connectivity index (χ2n) is 6.89. The van der Waals surface area contributed by atoms with Gasteiger partial charge in [-0.1, -0.05) is 49.4 Å². The van der Waals surface area contributed by atoms with Crippen molar-refractivity contribution in [1.29, 1.82) is 0 Å². The van der Waals surface area contributed by atoms with Crippen molar-refractivity contribution in [1.82, 2.24) is 10.4 Å². The molecule has 0 radical (unpaired) electrons. The van der Waals surface area contributed by atoms with Crippen molar-refractivity contribution in [3.63, 3.8) is 0 Å². The molecule has 31 heavy (non-hydrogen) atoms. The van der Waals surface area contributed by atoms with Crippen LogP contribution in [0.1, 0.15) is 41.3 Å². The molecular formula is C23H24N2O4S2. The highest BCUT2D eigenvalue weighted by molar-refractivity contribution is 8.26. The number of ether oxygens (including phenoxy) is 2. The SMILES string of the molecule is CCCCOc1ccc(/C=C2\SC(=S)N(NC(=O)c3ccccc3C)C2=O)cc1OC. The molecule has 6 nitrogen and oxygen atoms in total. The number of amides is 2. The minimum atomic E-state index is -0.383. The zero-order valence-corrected chi connectivity index (χ0v) is 19.3. The first-order chi connectivity index (χ1) is 14.9. The summed E-state index contributed by atoms with van der Waals surface area (Å²) >= 11 is 6.44. The van der Waals surface area contributed by atoms with Crippen molar-refractivity contribution in [3.05, 3.63) is 64.1 Å². The molecule has 0 unspecified atom stereocenters. The number of rotatable bonds is 8. The number of methoxy groups -OCH3 is 1. The lowest BCUT2D eigenvalue weighted by Crippen LogP contribution is -2.45. The molecule has 8 heteroatoms. The first-order valence-electron chi connectivity index (χ1n) is 9.90. The van der Waals surface area contributed by atoms with Crippen LogP contribution in [0.15, 0.2) is 47.4 Å². The number of hydrogen-bond acceptors (Lipinski definition) is 6. The fourth-order valence-electron chi connectivity index (χ4n) is 2.92. The van der Waals surface area contributed by atoms with E-state index in [2.05, 4.69) is 12.3 Å². The minimum absolute atomic E-state index is 0.268. The highest BCUT2D eigenvalue weighted by atomic mass is 32.2. The lowest BCUT2D eigenvalue weighted by molar-refractivity contribution is -0.123. The number of aryl methyl sites for hydroxylation is 1. The highest BCUT2D eigenvalue weighted by Crippen LogP contribution is 2.34. The summed E-state index contributed by atoms with van der Waals surface area (Å²) in [5, 5.41) is 1.11.